The summed E-state index contributed by atoms with van der Waals surface area (Å²) in [5.74, 6) is 1.16. The van der Waals surface area contributed by atoms with Gasteiger partial charge in [0.2, 0.25) is 0 Å². The normalized spacial score (nSPS) is 44.4. The van der Waals surface area contributed by atoms with Crippen molar-refractivity contribution in [1.29, 1.82) is 0 Å². The highest BCUT2D eigenvalue weighted by molar-refractivity contribution is 7.99. The summed E-state index contributed by atoms with van der Waals surface area (Å²) in [7, 11) is 0. The maximum Gasteiger partial charge on any atom is 0.178 e. The molecule has 5 aliphatic carbocycles. The highest BCUT2D eigenvalue weighted by Gasteiger charge is 2.76. The van der Waals surface area contributed by atoms with Crippen molar-refractivity contribution < 1.29 is 24.2 Å². The van der Waals surface area contributed by atoms with Gasteiger partial charge in [0.15, 0.2) is 23.5 Å². The molecule has 40 heavy (non-hydrogen) atoms. The number of ether oxygens (including phenoxy) is 2. The van der Waals surface area contributed by atoms with E-state index in [2.05, 4.69) is 18.8 Å². The zero-order chi connectivity index (χ0) is 27.7. The van der Waals surface area contributed by atoms with Gasteiger partial charge < -0.3 is 14.6 Å². The monoisotopic (exact) mass is 563 g/mol. The number of hydrogen-bond donors (Lipinski definition) is 1. The molecule has 0 spiro atoms. The van der Waals surface area contributed by atoms with Crippen LogP contribution in [0, 0.1) is 34.5 Å². The Kier molecular flexibility index (Phi) is 6.69. The summed E-state index contributed by atoms with van der Waals surface area (Å²) in [6.45, 7) is 4.40. The zero-order valence-corrected chi connectivity index (χ0v) is 24.4. The predicted octanol–water partition coefficient (Wildman–Crippen LogP) is 5.69. The molecule has 1 aromatic rings. The van der Waals surface area contributed by atoms with Crippen molar-refractivity contribution in [3.05, 3.63) is 48.2 Å². The Labute approximate surface area is 241 Å². The summed E-state index contributed by atoms with van der Waals surface area (Å²) in [4.78, 5) is 31.1. The lowest BCUT2D eigenvalue weighted by Gasteiger charge is -2.59. The lowest BCUT2D eigenvalue weighted by Crippen LogP contribution is -2.63. The number of fused-ring (bicyclic) bond motifs is 7. The molecular weight excluding hydrogens is 522 g/mol. The first kappa shape index (κ1) is 27.1. The third-order valence-electron chi connectivity index (χ3n) is 11.7. The fourth-order valence-electron chi connectivity index (χ4n) is 9.89. The van der Waals surface area contributed by atoms with Gasteiger partial charge in [-0.25, -0.2) is 4.98 Å². The van der Waals surface area contributed by atoms with Gasteiger partial charge in [-0.15, -0.1) is 0 Å². The minimum Gasteiger partial charge on any atom is -0.393 e. The third kappa shape index (κ3) is 3.90. The number of aliphatic hydroxyl groups is 1. The minimum atomic E-state index is -1.07. The summed E-state index contributed by atoms with van der Waals surface area (Å²) >= 11 is 1.46. The Hall–Kier alpha value is -1.80. The Morgan fingerprint density at radius 2 is 2.00 bits per heavy atom. The van der Waals surface area contributed by atoms with Crippen LogP contribution < -0.4 is 0 Å². The summed E-state index contributed by atoms with van der Waals surface area (Å²) in [5, 5.41) is 12.8. The molecule has 0 radical (unpaired) electrons. The zero-order valence-electron chi connectivity index (χ0n) is 23.6. The molecular formula is C33H41NO5S. The molecule has 1 N–H and O–H groups in total. The van der Waals surface area contributed by atoms with Crippen LogP contribution in [0.15, 0.2) is 53.2 Å². The molecule has 1 saturated heterocycles. The van der Waals surface area contributed by atoms with E-state index >= 15 is 0 Å². The first-order valence-electron chi connectivity index (χ1n) is 15.3. The number of nitrogens with zero attached hydrogens (tertiary/aromatic N) is 1. The van der Waals surface area contributed by atoms with Crippen molar-refractivity contribution >= 4 is 23.3 Å². The molecule has 6 nitrogen and oxygen atoms in total. The van der Waals surface area contributed by atoms with E-state index in [0.29, 0.717) is 12.3 Å². The Balaban J connectivity index is 1.24. The van der Waals surface area contributed by atoms with Crippen molar-refractivity contribution in [2.45, 2.75) is 101 Å². The second-order valence-electron chi connectivity index (χ2n) is 13.6. The van der Waals surface area contributed by atoms with Gasteiger partial charge in [-0.1, -0.05) is 62.6 Å². The van der Waals surface area contributed by atoms with Gasteiger partial charge in [0.05, 0.1) is 23.0 Å². The van der Waals surface area contributed by atoms with E-state index in [0.717, 1.165) is 42.7 Å². The SMILES string of the molecule is C[C@]12C=CC(=O)C=C1CC[C@@H]1[C@@H]2[C@@H](O)C[C@@]2(C)[C@H]1C[C@@H]1O[C@@H](C3CCCCC3)O[C@]12C(=O)CSc1ccccn1. The van der Waals surface area contributed by atoms with E-state index in [1.165, 1.54) is 31.0 Å². The lowest BCUT2D eigenvalue weighted by atomic mass is 9.46. The maximum absolute atomic E-state index is 14.5. The Morgan fingerprint density at radius 1 is 1.18 bits per heavy atom. The van der Waals surface area contributed by atoms with E-state index in [1.54, 1.807) is 18.3 Å². The summed E-state index contributed by atoms with van der Waals surface area (Å²) < 4.78 is 13.8. The van der Waals surface area contributed by atoms with E-state index in [4.69, 9.17) is 9.47 Å². The number of pyridine rings is 1. The number of ketones is 2. The number of carbonyl (C=O) groups excluding carboxylic acids is 2. The lowest BCUT2D eigenvalue weighted by molar-refractivity contribution is -0.207. The van der Waals surface area contributed by atoms with Gasteiger partial charge in [-0.05, 0) is 74.6 Å². The van der Waals surface area contributed by atoms with Crippen LogP contribution in [0.3, 0.4) is 0 Å². The summed E-state index contributed by atoms with van der Waals surface area (Å²) in [6.07, 6.45) is 14.8. The van der Waals surface area contributed by atoms with Gasteiger partial charge >= 0.3 is 0 Å². The van der Waals surface area contributed by atoms with Crippen molar-refractivity contribution in [2.24, 2.45) is 34.5 Å². The number of aromatic nitrogens is 1. The number of allylic oxidation sites excluding steroid dienone is 4. The Morgan fingerprint density at radius 3 is 2.77 bits per heavy atom. The van der Waals surface area contributed by atoms with Gasteiger partial charge in [-0.2, -0.15) is 0 Å². The largest absolute Gasteiger partial charge is 0.393 e. The van der Waals surface area contributed by atoms with Crippen LogP contribution in [0.5, 0.6) is 0 Å². The van der Waals surface area contributed by atoms with Gasteiger partial charge in [-0.3, -0.25) is 9.59 Å². The molecule has 214 valence electrons. The number of hydrogen-bond acceptors (Lipinski definition) is 7. The molecule has 5 fully saturated rings. The highest BCUT2D eigenvalue weighted by Crippen LogP contribution is 2.70. The number of rotatable bonds is 5. The topological polar surface area (TPSA) is 85.7 Å². The molecule has 6 aliphatic rings. The van der Waals surface area contributed by atoms with Crippen LogP contribution in [0.25, 0.3) is 0 Å². The van der Waals surface area contributed by atoms with Crippen LogP contribution in [0.2, 0.25) is 0 Å². The third-order valence-corrected chi connectivity index (χ3v) is 12.6. The molecule has 1 aromatic heterocycles. The van der Waals surface area contributed by atoms with Gasteiger partial charge in [0.1, 0.15) is 0 Å². The minimum absolute atomic E-state index is 0.0120. The van der Waals surface area contributed by atoms with Crippen LogP contribution >= 0.6 is 11.8 Å². The summed E-state index contributed by atoms with van der Waals surface area (Å²) in [6, 6.07) is 5.77. The molecule has 1 aliphatic heterocycles. The number of thioether (sulfide) groups is 1. The van der Waals surface area contributed by atoms with E-state index < -0.39 is 17.1 Å². The predicted molar refractivity (Wildman–Crippen MR) is 152 cm³/mol. The first-order valence-corrected chi connectivity index (χ1v) is 16.3. The smallest absolute Gasteiger partial charge is 0.178 e. The second-order valence-corrected chi connectivity index (χ2v) is 14.6. The van der Waals surface area contributed by atoms with Gasteiger partial charge in [0.25, 0.3) is 0 Å². The average Bonchev–Trinajstić information content (AvgIpc) is 3.46. The van der Waals surface area contributed by atoms with Crippen molar-refractivity contribution in [1.82, 2.24) is 4.98 Å². The molecule has 0 aromatic carbocycles. The molecule has 0 bridgehead atoms. The standard InChI is InChI=1S/C33H41NO5S/c1-31-14-13-22(35)16-21(31)11-12-23-24-17-27-33(32(24,2)18-25(36)29(23)31,26(37)19-40-28-10-6-7-15-34-28)39-30(38-27)20-8-4-3-5-9-20/h6-7,10,13-16,20,23-25,27,29-30,36H,3-5,8-9,11-12,17-19H2,1-2H3/t23-,24-,25-,27-,29+,30+,31-,32-,33+/m0/s1. The molecule has 0 amide bonds. The molecule has 7 rings (SSSR count). The van der Waals surface area contributed by atoms with Crippen LogP contribution in [0.4, 0.5) is 0 Å². The number of Topliss-reactive ketones (excluding diaryl/α,β-unsaturated/α-hetero) is 1. The molecule has 7 heteroatoms. The molecule has 0 unspecified atom stereocenters. The number of carbonyl (C=O) groups is 2. The van der Waals surface area contributed by atoms with Crippen LogP contribution in [-0.2, 0) is 19.1 Å². The van der Waals surface area contributed by atoms with Gasteiger partial charge in [0, 0.05) is 28.9 Å². The van der Waals surface area contributed by atoms with E-state index in [-0.39, 0.29) is 52.9 Å². The average molecular weight is 564 g/mol. The van der Waals surface area contributed by atoms with Crippen molar-refractivity contribution in [3.8, 4) is 0 Å². The summed E-state index contributed by atoms with van der Waals surface area (Å²) in [5.41, 5.74) is -0.796. The fourth-order valence-corrected chi connectivity index (χ4v) is 10.7. The van der Waals surface area contributed by atoms with Crippen molar-refractivity contribution in [2.75, 3.05) is 5.75 Å². The van der Waals surface area contributed by atoms with Crippen molar-refractivity contribution in [3.63, 3.8) is 0 Å². The molecule has 9 atom stereocenters. The first-order chi connectivity index (χ1) is 19.3. The molecule has 4 saturated carbocycles. The maximum atomic E-state index is 14.5. The second kappa shape index (κ2) is 9.89. The number of aliphatic hydroxyl groups excluding tert-OH is 1. The highest BCUT2D eigenvalue weighted by atomic mass is 32.2. The Bertz CT molecular complexity index is 1240. The fraction of sp³-hybridized carbons (Fsp3) is 0.667. The van der Waals surface area contributed by atoms with E-state index in [9.17, 15) is 14.7 Å². The molecule has 2 heterocycles. The van der Waals surface area contributed by atoms with Crippen LogP contribution in [0.1, 0.15) is 71.6 Å². The van der Waals surface area contributed by atoms with E-state index in [1.807, 2.05) is 24.3 Å². The quantitative estimate of drug-likeness (QED) is 0.461. The van der Waals surface area contributed by atoms with Crippen LogP contribution in [-0.4, -0.2) is 51.5 Å².